The molecule has 4 aliphatic rings. The van der Waals surface area contributed by atoms with E-state index in [1.807, 2.05) is 68.4 Å². The Morgan fingerprint density at radius 3 is 2.64 bits per heavy atom. The van der Waals surface area contributed by atoms with Crippen LogP contribution in [0, 0.1) is 12.8 Å². The van der Waals surface area contributed by atoms with Gasteiger partial charge in [0.25, 0.3) is 5.91 Å². The molecule has 0 radical (unpaired) electrons. The second-order valence-corrected chi connectivity index (χ2v) is 11.1. The van der Waals surface area contributed by atoms with Gasteiger partial charge in [0.1, 0.15) is 16.7 Å². The van der Waals surface area contributed by atoms with E-state index in [1.54, 1.807) is 12.1 Å². The third kappa shape index (κ3) is 2.88. The minimum atomic E-state index is -1.44. The van der Waals surface area contributed by atoms with Crippen LogP contribution in [0.25, 0.3) is 0 Å². The van der Waals surface area contributed by atoms with Crippen molar-refractivity contribution in [3.05, 3.63) is 89.0 Å². The molecule has 4 atom stereocenters. The first kappa shape index (κ1) is 24.1. The van der Waals surface area contributed by atoms with Crippen molar-refractivity contribution in [1.82, 2.24) is 4.90 Å². The third-order valence-electron chi connectivity index (χ3n) is 9.21. The number of carbonyl (C=O) groups is 3. The molecule has 3 aromatic carbocycles. The van der Waals surface area contributed by atoms with Gasteiger partial charge in [-0.1, -0.05) is 55.5 Å². The monoisotopic (exact) mass is 521 g/mol. The highest BCUT2D eigenvalue weighted by atomic mass is 16.5. The molecule has 0 saturated carbocycles. The van der Waals surface area contributed by atoms with E-state index in [1.165, 1.54) is 0 Å². The Balaban J connectivity index is 1.52. The van der Waals surface area contributed by atoms with Crippen molar-refractivity contribution in [3.63, 3.8) is 0 Å². The van der Waals surface area contributed by atoms with E-state index < -0.39 is 16.9 Å². The van der Waals surface area contributed by atoms with E-state index in [0.29, 0.717) is 35.7 Å². The van der Waals surface area contributed by atoms with Crippen LogP contribution in [0.5, 0.6) is 5.75 Å². The molecule has 7 heteroatoms. The van der Waals surface area contributed by atoms with Gasteiger partial charge in [0.15, 0.2) is 5.78 Å². The third-order valence-corrected chi connectivity index (χ3v) is 9.21. The molecule has 0 bridgehead atoms. The van der Waals surface area contributed by atoms with E-state index in [4.69, 9.17) is 4.74 Å². The van der Waals surface area contributed by atoms with Crippen molar-refractivity contribution >= 4 is 29.0 Å². The summed E-state index contributed by atoms with van der Waals surface area (Å²) in [6, 6.07) is 20.4. The number of hydrogen-bond acceptors (Lipinski definition) is 5. The number of hydrogen-bond donors (Lipinski definition) is 2. The lowest BCUT2D eigenvalue weighted by Crippen LogP contribution is -2.62. The highest BCUT2D eigenvalue weighted by Crippen LogP contribution is 2.68. The van der Waals surface area contributed by atoms with Crippen molar-refractivity contribution in [3.8, 4) is 5.75 Å². The Bertz CT molecular complexity index is 1550. The first-order chi connectivity index (χ1) is 19.0. The second-order valence-electron chi connectivity index (χ2n) is 11.1. The number of ether oxygens (including phenoxy) is 1. The van der Waals surface area contributed by atoms with E-state index >= 15 is 0 Å². The number of aryl methyl sites for hydroxylation is 1. The van der Waals surface area contributed by atoms with Gasteiger partial charge in [-0.3, -0.25) is 19.3 Å². The SMILES string of the molecule is CCCOc1cccc(C(=O)[C@@H]2[C@@H]3CCCN3[C@]3(C(=O)Nc4c(C)cccc43)[C@@]23C(=O)Nc2ccccc23)c1. The molecule has 7 rings (SSSR count). The van der Waals surface area contributed by atoms with Gasteiger partial charge in [0.2, 0.25) is 5.91 Å². The Hall–Kier alpha value is -3.97. The smallest absolute Gasteiger partial charge is 0.251 e. The summed E-state index contributed by atoms with van der Waals surface area (Å²) in [5.74, 6) is -0.794. The average Bonchev–Trinajstić information content (AvgIpc) is 3.67. The molecule has 4 heterocycles. The van der Waals surface area contributed by atoms with Crippen LogP contribution in [0.4, 0.5) is 11.4 Å². The number of nitrogens with one attached hydrogen (secondary N) is 2. The van der Waals surface area contributed by atoms with E-state index in [0.717, 1.165) is 36.1 Å². The van der Waals surface area contributed by atoms with Gasteiger partial charge < -0.3 is 15.4 Å². The molecule has 198 valence electrons. The Morgan fingerprint density at radius 2 is 1.79 bits per heavy atom. The maximum atomic E-state index is 14.8. The van der Waals surface area contributed by atoms with Crippen molar-refractivity contribution < 1.29 is 19.1 Å². The van der Waals surface area contributed by atoms with Gasteiger partial charge in [-0.2, -0.15) is 0 Å². The van der Waals surface area contributed by atoms with Gasteiger partial charge in [-0.25, -0.2) is 0 Å². The van der Waals surface area contributed by atoms with Crippen LogP contribution in [0.15, 0.2) is 66.7 Å². The Morgan fingerprint density at radius 1 is 1.00 bits per heavy atom. The molecule has 2 spiro atoms. The minimum Gasteiger partial charge on any atom is -0.494 e. The molecule has 0 unspecified atom stereocenters. The van der Waals surface area contributed by atoms with E-state index in [2.05, 4.69) is 15.5 Å². The Labute approximate surface area is 227 Å². The number of benzene rings is 3. The summed E-state index contributed by atoms with van der Waals surface area (Å²) in [4.78, 5) is 46.0. The molecule has 39 heavy (non-hydrogen) atoms. The van der Waals surface area contributed by atoms with Gasteiger partial charge in [0, 0.05) is 28.5 Å². The number of ketones is 1. The van der Waals surface area contributed by atoms with Crippen LogP contribution < -0.4 is 15.4 Å². The number of anilines is 2. The quantitative estimate of drug-likeness (QED) is 0.471. The molecule has 2 amide bonds. The topological polar surface area (TPSA) is 87.7 Å². The molecule has 2 fully saturated rings. The molecule has 7 nitrogen and oxygen atoms in total. The van der Waals surface area contributed by atoms with Crippen LogP contribution in [-0.4, -0.2) is 41.7 Å². The van der Waals surface area contributed by atoms with Crippen molar-refractivity contribution in [2.45, 2.75) is 50.1 Å². The zero-order chi connectivity index (χ0) is 26.9. The summed E-state index contributed by atoms with van der Waals surface area (Å²) >= 11 is 0. The highest BCUT2D eigenvalue weighted by Gasteiger charge is 2.81. The molecular weight excluding hydrogens is 490 g/mol. The second kappa shape index (κ2) is 8.52. The first-order valence-electron chi connectivity index (χ1n) is 13.8. The lowest BCUT2D eigenvalue weighted by atomic mass is 9.57. The van der Waals surface area contributed by atoms with Gasteiger partial charge in [-0.05, 0) is 62.1 Å². The highest BCUT2D eigenvalue weighted by molar-refractivity contribution is 6.21. The van der Waals surface area contributed by atoms with Crippen LogP contribution in [0.1, 0.15) is 53.2 Å². The molecular formula is C32H31N3O4. The predicted molar refractivity (Wildman–Crippen MR) is 148 cm³/mol. The lowest BCUT2D eigenvalue weighted by Gasteiger charge is -2.43. The minimum absolute atomic E-state index is 0.133. The van der Waals surface area contributed by atoms with E-state index in [-0.39, 0.29) is 23.6 Å². The summed E-state index contributed by atoms with van der Waals surface area (Å²) < 4.78 is 5.85. The molecule has 0 aromatic heterocycles. The fraction of sp³-hybridized carbons (Fsp3) is 0.344. The predicted octanol–water partition coefficient (Wildman–Crippen LogP) is 4.80. The van der Waals surface area contributed by atoms with Crippen LogP contribution in [0.2, 0.25) is 0 Å². The number of carbonyl (C=O) groups excluding carboxylic acids is 3. The van der Waals surface area contributed by atoms with Crippen molar-refractivity contribution in [2.24, 2.45) is 5.92 Å². The summed E-state index contributed by atoms with van der Waals surface area (Å²) in [6.45, 7) is 5.19. The summed E-state index contributed by atoms with van der Waals surface area (Å²) in [6.07, 6.45) is 2.44. The largest absolute Gasteiger partial charge is 0.494 e. The van der Waals surface area contributed by atoms with Crippen molar-refractivity contribution in [1.29, 1.82) is 0 Å². The summed E-state index contributed by atoms with van der Waals surface area (Å²) in [5.41, 5.74) is 1.55. The molecule has 0 aliphatic carbocycles. The molecule has 2 N–H and O–H groups in total. The number of nitrogens with zero attached hydrogens (tertiary/aromatic N) is 1. The standard InChI is InChI=1S/C32H31N3O4/c1-3-17-39-21-11-7-10-20(18-21)28(36)26-25-15-8-16-35(25)32(23-13-6-9-19(2)27(23)34-30(32)38)31(26)22-12-4-5-14-24(22)33-29(31)37/h4-7,9-14,18,25-26H,3,8,15-17H2,1-2H3,(H,33,37)(H,34,38)/t25-,26-,31+,32+/m0/s1. The lowest BCUT2D eigenvalue weighted by molar-refractivity contribution is -0.137. The fourth-order valence-corrected chi connectivity index (χ4v) is 7.89. The maximum absolute atomic E-state index is 14.8. The molecule has 4 aliphatic heterocycles. The normalized spacial score (nSPS) is 28.4. The van der Waals surface area contributed by atoms with E-state index in [9.17, 15) is 14.4 Å². The van der Waals surface area contributed by atoms with Crippen LogP contribution in [-0.2, 0) is 20.5 Å². The number of amides is 2. The number of para-hydroxylation sites is 2. The van der Waals surface area contributed by atoms with Gasteiger partial charge in [0.05, 0.1) is 12.5 Å². The maximum Gasteiger partial charge on any atom is 0.251 e. The number of rotatable bonds is 5. The average molecular weight is 522 g/mol. The number of fused-ring (bicyclic) bond motifs is 7. The molecule has 2 saturated heterocycles. The van der Waals surface area contributed by atoms with Crippen LogP contribution >= 0.6 is 0 Å². The Kier molecular flexibility index (Phi) is 5.26. The van der Waals surface area contributed by atoms with Crippen LogP contribution in [0.3, 0.4) is 0 Å². The van der Waals surface area contributed by atoms with Gasteiger partial charge >= 0.3 is 0 Å². The zero-order valence-electron chi connectivity index (χ0n) is 22.1. The zero-order valence-corrected chi connectivity index (χ0v) is 22.1. The summed E-state index contributed by atoms with van der Waals surface area (Å²) in [7, 11) is 0. The molecule has 3 aromatic rings. The van der Waals surface area contributed by atoms with Crippen molar-refractivity contribution in [2.75, 3.05) is 23.8 Å². The fourth-order valence-electron chi connectivity index (χ4n) is 7.89. The number of Topliss-reactive ketones (excluding diaryl/α,β-unsaturated/α-hetero) is 1. The summed E-state index contributed by atoms with van der Waals surface area (Å²) in [5, 5.41) is 6.24. The first-order valence-corrected chi connectivity index (χ1v) is 13.8. The van der Waals surface area contributed by atoms with Gasteiger partial charge in [-0.15, -0.1) is 0 Å².